The zero-order chi connectivity index (χ0) is 28.6. The fourth-order valence-corrected chi connectivity index (χ4v) is 5.63. The molecule has 0 spiro atoms. The third-order valence-electron chi connectivity index (χ3n) is 6.34. The molecular formula is C29H33BrClN3O4S. The normalized spacial score (nSPS) is 12.8. The Kier molecular flexibility index (Phi) is 11.0. The summed E-state index contributed by atoms with van der Waals surface area (Å²) in [7, 11) is -3.84. The largest absolute Gasteiger partial charge is 0.352 e. The van der Waals surface area contributed by atoms with E-state index in [1.165, 1.54) is 4.90 Å². The molecule has 39 heavy (non-hydrogen) atoms. The molecule has 3 aromatic carbocycles. The summed E-state index contributed by atoms with van der Waals surface area (Å²) in [6.45, 7) is 3.49. The van der Waals surface area contributed by atoms with Crippen molar-refractivity contribution in [2.24, 2.45) is 0 Å². The van der Waals surface area contributed by atoms with Crippen molar-refractivity contribution in [1.82, 2.24) is 10.2 Å². The van der Waals surface area contributed by atoms with E-state index in [2.05, 4.69) is 21.2 Å². The highest BCUT2D eigenvalue weighted by molar-refractivity contribution is 9.10. The van der Waals surface area contributed by atoms with Crippen LogP contribution in [0.5, 0.6) is 0 Å². The van der Waals surface area contributed by atoms with Gasteiger partial charge in [-0.1, -0.05) is 73.1 Å². The summed E-state index contributed by atoms with van der Waals surface area (Å²) in [5.41, 5.74) is 1.97. The van der Waals surface area contributed by atoms with Crippen LogP contribution in [0, 0.1) is 0 Å². The molecule has 2 atom stereocenters. The van der Waals surface area contributed by atoms with Gasteiger partial charge in [-0.25, -0.2) is 8.42 Å². The SMILES string of the molecule is CCC(C)NC(=O)C(Cc1ccccc1)N(Cc1ccc(Cl)cc1)C(=O)CN(c1ccccc1Br)S(C)(=O)=O. The van der Waals surface area contributed by atoms with E-state index >= 15 is 0 Å². The second-order valence-corrected chi connectivity index (χ2v) is 12.6. The van der Waals surface area contributed by atoms with Crippen LogP contribution in [0.4, 0.5) is 5.69 Å². The Hall–Kier alpha value is -2.88. The quantitative estimate of drug-likeness (QED) is 0.288. The summed E-state index contributed by atoms with van der Waals surface area (Å²) < 4.78 is 27.3. The Morgan fingerprint density at radius 3 is 2.15 bits per heavy atom. The number of amides is 2. The Morgan fingerprint density at radius 1 is 0.949 bits per heavy atom. The number of hydrogen-bond acceptors (Lipinski definition) is 4. The topological polar surface area (TPSA) is 86.8 Å². The number of carbonyl (C=O) groups is 2. The monoisotopic (exact) mass is 633 g/mol. The minimum atomic E-state index is -3.84. The molecule has 0 bridgehead atoms. The molecule has 0 radical (unpaired) electrons. The van der Waals surface area contributed by atoms with Gasteiger partial charge in [0.2, 0.25) is 21.8 Å². The number of rotatable bonds is 12. The van der Waals surface area contributed by atoms with Gasteiger partial charge in [0.05, 0.1) is 11.9 Å². The summed E-state index contributed by atoms with van der Waals surface area (Å²) >= 11 is 9.48. The van der Waals surface area contributed by atoms with Crippen LogP contribution in [0.25, 0.3) is 0 Å². The van der Waals surface area contributed by atoms with E-state index in [0.29, 0.717) is 15.2 Å². The van der Waals surface area contributed by atoms with Crippen molar-refractivity contribution in [3.63, 3.8) is 0 Å². The first-order valence-corrected chi connectivity index (χ1v) is 15.6. The van der Waals surface area contributed by atoms with Gasteiger partial charge in [0.1, 0.15) is 12.6 Å². The molecule has 0 saturated carbocycles. The van der Waals surface area contributed by atoms with E-state index in [1.54, 1.807) is 48.5 Å². The number of hydrogen-bond donors (Lipinski definition) is 1. The number of halogens is 2. The van der Waals surface area contributed by atoms with Gasteiger partial charge >= 0.3 is 0 Å². The maximum absolute atomic E-state index is 14.0. The first-order valence-electron chi connectivity index (χ1n) is 12.6. The average molecular weight is 635 g/mol. The molecule has 208 valence electrons. The molecule has 3 rings (SSSR count). The van der Waals surface area contributed by atoms with Crippen molar-refractivity contribution in [3.05, 3.63) is 99.5 Å². The number of carbonyl (C=O) groups excluding carboxylic acids is 2. The van der Waals surface area contributed by atoms with Gasteiger partial charge < -0.3 is 10.2 Å². The molecule has 1 N–H and O–H groups in total. The van der Waals surface area contributed by atoms with Gasteiger partial charge in [0.15, 0.2) is 0 Å². The van der Waals surface area contributed by atoms with Crippen LogP contribution in [-0.2, 0) is 32.6 Å². The molecule has 0 heterocycles. The first kappa shape index (κ1) is 30.7. The summed E-state index contributed by atoms with van der Waals surface area (Å²) in [6, 6.07) is 22.3. The molecule has 0 aliphatic carbocycles. The number of para-hydroxylation sites is 1. The van der Waals surface area contributed by atoms with Crippen LogP contribution in [-0.4, -0.2) is 50.0 Å². The van der Waals surface area contributed by atoms with Gasteiger partial charge in [0, 0.05) is 28.5 Å². The van der Waals surface area contributed by atoms with Crippen molar-refractivity contribution < 1.29 is 18.0 Å². The molecule has 0 fully saturated rings. The molecule has 3 aromatic rings. The van der Waals surface area contributed by atoms with Crippen molar-refractivity contribution in [2.75, 3.05) is 17.1 Å². The number of sulfonamides is 1. The molecule has 2 amide bonds. The lowest BCUT2D eigenvalue weighted by Crippen LogP contribution is -2.54. The van der Waals surface area contributed by atoms with E-state index < -0.39 is 28.5 Å². The Morgan fingerprint density at radius 2 is 1.56 bits per heavy atom. The van der Waals surface area contributed by atoms with Crippen molar-refractivity contribution in [2.45, 2.75) is 45.3 Å². The van der Waals surface area contributed by atoms with Gasteiger partial charge in [0.25, 0.3) is 0 Å². The van der Waals surface area contributed by atoms with E-state index in [4.69, 9.17) is 11.6 Å². The van der Waals surface area contributed by atoms with Crippen LogP contribution in [0.2, 0.25) is 5.02 Å². The summed E-state index contributed by atoms with van der Waals surface area (Å²) in [5.74, 6) is -0.811. The highest BCUT2D eigenvalue weighted by Gasteiger charge is 2.33. The fourth-order valence-electron chi connectivity index (χ4n) is 4.03. The average Bonchev–Trinajstić information content (AvgIpc) is 2.90. The van der Waals surface area contributed by atoms with Crippen LogP contribution in [0.1, 0.15) is 31.4 Å². The maximum atomic E-state index is 14.0. The Labute approximate surface area is 244 Å². The molecule has 0 aliphatic rings. The lowest BCUT2D eigenvalue weighted by molar-refractivity contribution is -0.140. The third kappa shape index (κ3) is 8.81. The maximum Gasteiger partial charge on any atom is 0.244 e. The van der Waals surface area contributed by atoms with Crippen LogP contribution in [0.3, 0.4) is 0 Å². The van der Waals surface area contributed by atoms with Crippen molar-refractivity contribution in [1.29, 1.82) is 0 Å². The highest BCUT2D eigenvalue weighted by atomic mass is 79.9. The zero-order valence-corrected chi connectivity index (χ0v) is 25.3. The zero-order valence-electron chi connectivity index (χ0n) is 22.2. The summed E-state index contributed by atoms with van der Waals surface area (Å²) in [4.78, 5) is 29.2. The summed E-state index contributed by atoms with van der Waals surface area (Å²) in [5, 5.41) is 3.56. The molecular weight excluding hydrogens is 602 g/mol. The minimum Gasteiger partial charge on any atom is -0.352 e. The Balaban J connectivity index is 2.06. The molecule has 2 unspecified atom stereocenters. The smallest absolute Gasteiger partial charge is 0.244 e. The van der Waals surface area contributed by atoms with E-state index in [9.17, 15) is 18.0 Å². The standard InChI is InChI=1S/C29H33BrClN3O4S/c1-4-21(2)32-29(36)27(18-22-10-6-5-7-11-22)33(19-23-14-16-24(31)17-15-23)28(35)20-34(39(3,37)38)26-13-9-8-12-25(26)30/h5-17,21,27H,4,18-20H2,1-3H3,(H,32,36). The number of nitrogens with zero attached hydrogens (tertiary/aromatic N) is 2. The lowest BCUT2D eigenvalue weighted by atomic mass is 10.0. The first-order chi connectivity index (χ1) is 18.5. The van der Waals surface area contributed by atoms with Crippen LogP contribution < -0.4 is 9.62 Å². The molecule has 10 heteroatoms. The third-order valence-corrected chi connectivity index (χ3v) is 8.39. The fraction of sp³-hybridized carbons (Fsp3) is 0.310. The molecule has 0 aromatic heterocycles. The lowest BCUT2D eigenvalue weighted by Gasteiger charge is -2.34. The van der Waals surface area contributed by atoms with Crippen LogP contribution >= 0.6 is 27.5 Å². The van der Waals surface area contributed by atoms with Gasteiger partial charge in [-0.05, 0) is 64.7 Å². The Bertz CT molecular complexity index is 1370. The van der Waals surface area contributed by atoms with Crippen LogP contribution in [0.15, 0.2) is 83.3 Å². The van der Waals surface area contributed by atoms with Gasteiger partial charge in [-0.15, -0.1) is 0 Å². The molecule has 7 nitrogen and oxygen atoms in total. The minimum absolute atomic E-state index is 0.0923. The predicted molar refractivity (Wildman–Crippen MR) is 160 cm³/mol. The predicted octanol–water partition coefficient (Wildman–Crippen LogP) is 5.42. The second-order valence-electron chi connectivity index (χ2n) is 9.39. The van der Waals surface area contributed by atoms with Crippen molar-refractivity contribution in [3.8, 4) is 0 Å². The van der Waals surface area contributed by atoms with E-state index in [0.717, 1.165) is 28.1 Å². The van der Waals surface area contributed by atoms with E-state index in [1.807, 2.05) is 44.2 Å². The number of anilines is 1. The van der Waals surface area contributed by atoms with Crippen molar-refractivity contribution >= 4 is 55.1 Å². The molecule has 0 saturated heterocycles. The van der Waals surface area contributed by atoms with Gasteiger partial charge in [-0.2, -0.15) is 0 Å². The van der Waals surface area contributed by atoms with E-state index in [-0.39, 0.29) is 24.9 Å². The van der Waals surface area contributed by atoms with Gasteiger partial charge in [-0.3, -0.25) is 13.9 Å². The number of nitrogens with one attached hydrogen (secondary N) is 1. The molecule has 0 aliphatic heterocycles. The second kappa shape index (κ2) is 14.0. The number of benzene rings is 3. The highest BCUT2D eigenvalue weighted by Crippen LogP contribution is 2.28. The summed E-state index contributed by atoms with van der Waals surface area (Å²) in [6.07, 6.45) is 2.04.